The molecule has 1 heterocycles. The highest BCUT2D eigenvalue weighted by molar-refractivity contribution is 9.10. The Hall–Kier alpha value is -1.76. The third-order valence-electron chi connectivity index (χ3n) is 4.07. The van der Waals surface area contributed by atoms with Crippen molar-refractivity contribution in [3.63, 3.8) is 0 Å². The topological polar surface area (TPSA) is 67.9 Å². The van der Waals surface area contributed by atoms with Crippen molar-refractivity contribution >= 4 is 33.7 Å². The zero-order chi connectivity index (χ0) is 19.5. The van der Waals surface area contributed by atoms with E-state index in [0.717, 1.165) is 22.1 Å². The molecule has 144 valence electrons. The average molecular weight is 427 g/mol. The van der Waals surface area contributed by atoms with E-state index in [9.17, 15) is 9.59 Å². The first kappa shape index (κ1) is 20.6. The van der Waals surface area contributed by atoms with Gasteiger partial charge in [-0.1, -0.05) is 15.9 Å². The van der Waals surface area contributed by atoms with Crippen LogP contribution >= 0.6 is 15.9 Å². The van der Waals surface area contributed by atoms with Crippen LogP contribution in [0.1, 0.15) is 50.0 Å². The molecule has 1 fully saturated rings. The predicted octanol–water partition coefficient (Wildman–Crippen LogP) is 4.36. The number of carbonyl (C=O) groups excluding carboxylic acids is 2. The van der Waals surface area contributed by atoms with Gasteiger partial charge in [-0.2, -0.15) is 0 Å². The lowest BCUT2D eigenvalue weighted by atomic mass is 10.1. The van der Waals surface area contributed by atoms with Crippen LogP contribution in [-0.2, 0) is 9.47 Å². The number of rotatable bonds is 4. The van der Waals surface area contributed by atoms with Crippen molar-refractivity contribution in [2.45, 2.75) is 52.7 Å². The van der Waals surface area contributed by atoms with Crippen LogP contribution in [0, 0.1) is 6.92 Å². The minimum atomic E-state index is -0.502. The van der Waals surface area contributed by atoms with Crippen LogP contribution < -0.4 is 5.32 Å². The highest BCUT2D eigenvalue weighted by Crippen LogP contribution is 2.28. The maximum atomic E-state index is 12.2. The Morgan fingerprint density at radius 3 is 2.65 bits per heavy atom. The number of esters is 1. The number of amides is 1. The summed E-state index contributed by atoms with van der Waals surface area (Å²) in [7, 11) is 0. The normalized spacial score (nSPS) is 17.2. The molecule has 6 nitrogen and oxygen atoms in total. The van der Waals surface area contributed by atoms with Gasteiger partial charge < -0.3 is 19.7 Å². The van der Waals surface area contributed by atoms with Crippen molar-refractivity contribution in [3.05, 3.63) is 27.7 Å². The van der Waals surface area contributed by atoms with Gasteiger partial charge in [0.1, 0.15) is 5.60 Å². The smallest absolute Gasteiger partial charge is 0.410 e. The largest absolute Gasteiger partial charge is 0.462 e. The van der Waals surface area contributed by atoms with E-state index in [1.165, 1.54) is 0 Å². The van der Waals surface area contributed by atoms with Crippen LogP contribution in [0.2, 0.25) is 0 Å². The van der Waals surface area contributed by atoms with Gasteiger partial charge in [-0.3, -0.25) is 0 Å². The van der Waals surface area contributed by atoms with E-state index in [1.54, 1.807) is 17.9 Å². The molecule has 0 spiro atoms. The van der Waals surface area contributed by atoms with Crippen molar-refractivity contribution in [2.24, 2.45) is 0 Å². The standard InChI is InChI=1S/C19H27BrN2O4/c1-6-25-17(23)15-9-13(20)10-16(12(15)2)21-14-7-8-22(11-14)18(24)26-19(3,4)5/h9-10,14,21H,6-8,11H2,1-5H3. The Morgan fingerprint density at radius 1 is 1.35 bits per heavy atom. The quantitative estimate of drug-likeness (QED) is 0.724. The number of nitrogens with zero attached hydrogens (tertiary/aromatic N) is 1. The summed E-state index contributed by atoms with van der Waals surface area (Å²) in [4.78, 5) is 26.1. The second kappa shape index (κ2) is 8.29. The Balaban J connectivity index is 2.08. The molecular weight excluding hydrogens is 400 g/mol. The van der Waals surface area contributed by atoms with Crippen LogP contribution in [0.4, 0.5) is 10.5 Å². The molecule has 1 unspecified atom stereocenters. The summed E-state index contributed by atoms with van der Waals surface area (Å²) in [5.74, 6) is -0.337. The number of ether oxygens (including phenoxy) is 2. The number of hydrogen-bond donors (Lipinski definition) is 1. The van der Waals surface area contributed by atoms with Crippen molar-refractivity contribution < 1.29 is 19.1 Å². The summed E-state index contributed by atoms with van der Waals surface area (Å²) < 4.78 is 11.4. The van der Waals surface area contributed by atoms with Crippen molar-refractivity contribution in [2.75, 3.05) is 25.0 Å². The number of anilines is 1. The zero-order valence-electron chi connectivity index (χ0n) is 16.0. The van der Waals surface area contributed by atoms with Crippen LogP contribution in [0.25, 0.3) is 0 Å². The average Bonchev–Trinajstić information content (AvgIpc) is 2.98. The summed E-state index contributed by atoms with van der Waals surface area (Å²) in [6.07, 6.45) is 0.528. The first-order valence-corrected chi connectivity index (χ1v) is 9.61. The molecule has 1 aliphatic heterocycles. The van der Waals surface area contributed by atoms with Crippen LogP contribution in [0.5, 0.6) is 0 Å². The lowest BCUT2D eigenvalue weighted by Gasteiger charge is -2.24. The van der Waals surface area contributed by atoms with Gasteiger partial charge in [0.25, 0.3) is 0 Å². The molecule has 2 rings (SSSR count). The third kappa shape index (κ3) is 5.37. The van der Waals surface area contributed by atoms with Gasteiger partial charge in [0.15, 0.2) is 0 Å². The molecule has 26 heavy (non-hydrogen) atoms. The highest BCUT2D eigenvalue weighted by atomic mass is 79.9. The first-order valence-electron chi connectivity index (χ1n) is 8.82. The lowest BCUT2D eigenvalue weighted by Crippen LogP contribution is -2.36. The van der Waals surface area contributed by atoms with E-state index in [2.05, 4.69) is 21.2 Å². The monoisotopic (exact) mass is 426 g/mol. The zero-order valence-corrected chi connectivity index (χ0v) is 17.6. The molecule has 1 N–H and O–H groups in total. The molecule has 1 aromatic rings. The summed E-state index contributed by atoms with van der Waals surface area (Å²) in [6, 6.07) is 3.81. The van der Waals surface area contributed by atoms with Crippen LogP contribution in [-0.4, -0.2) is 48.3 Å². The SMILES string of the molecule is CCOC(=O)c1cc(Br)cc(NC2CCN(C(=O)OC(C)(C)C)C2)c1C. The molecule has 1 aromatic carbocycles. The highest BCUT2D eigenvalue weighted by Gasteiger charge is 2.30. The molecule has 1 saturated heterocycles. The molecule has 0 saturated carbocycles. The fourth-order valence-electron chi connectivity index (χ4n) is 2.84. The van der Waals surface area contributed by atoms with Gasteiger partial charge in [-0.05, 0) is 58.7 Å². The lowest BCUT2D eigenvalue weighted by molar-refractivity contribution is 0.0293. The summed E-state index contributed by atoms with van der Waals surface area (Å²) in [5, 5.41) is 3.45. The van der Waals surface area contributed by atoms with Crippen LogP contribution in [0.3, 0.4) is 0 Å². The molecule has 0 bridgehead atoms. The van der Waals surface area contributed by atoms with Crippen LogP contribution in [0.15, 0.2) is 16.6 Å². The van der Waals surface area contributed by atoms with Gasteiger partial charge in [-0.25, -0.2) is 9.59 Å². The summed E-state index contributed by atoms with van der Waals surface area (Å²) in [5.41, 5.74) is 1.73. The number of hydrogen-bond acceptors (Lipinski definition) is 5. The Morgan fingerprint density at radius 2 is 2.04 bits per heavy atom. The fraction of sp³-hybridized carbons (Fsp3) is 0.579. The maximum absolute atomic E-state index is 12.2. The van der Waals surface area contributed by atoms with Gasteiger partial charge in [-0.15, -0.1) is 0 Å². The molecule has 1 atom stereocenters. The minimum absolute atomic E-state index is 0.102. The van der Waals surface area contributed by atoms with E-state index >= 15 is 0 Å². The number of nitrogens with one attached hydrogen (secondary N) is 1. The Bertz CT molecular complexity index is 685. The number of likely N-dealkylation sites (tertiary alicyclic amines) is 1. The van der Waals surface area contributed by atoms with Gasteiger partial charge in [0.05, 0.1) is 12.2 Å². The Kier molecular flexibility index (Phi) is 6.55. The molecule has 0 aliphatic carbocycles. The first-order chi connectivity index (χ1) is 12.1. The molecule has 1 amide bonds. The summed E-state index contributed by atoms with van der Waals surface area (Å²) in [6.45, 7) is 10.8. The van der Waals surface area contributed by atoms with Crippen molar-refractivity contribution in [1.29, 1.82) is 0 Å². The Labute approximate surface area is 163 Å². The van der Waals surface area contributed by atoms with Gasteiger partial charge in [0, 0.05) is 29.3 Å². The van der Waals surface area contributed by atoms with E-state index < -0.39 is 5.60 Å². The summed E-state index contributed by atoms with van der Waals surface area (Å²) >= 11 is 3.45. The van der Waals surface area contributed by atoms with Crippen molar-refractivity contribution in [3.8, 4) is 0 Å². The van der Waals surface area contributed by atoms with E-state index in [0.29, 0.717) is 25.3 Å². The maximum Gasteiger partial charge on any atom is 0.410 e. The molecular formula is C19H27BrN2O4. The van der Waals surface area contributed by atoms with E-state index in [4.69, 9.17) is 9.47 Å². The van der Waals surface area contributed by atoms with E-state index in [1.807, 2.05) is 33.8 Å². The van der Waals surface area contributed by atoms with Crippen molar-refractivity contribution in [1.82, 2.24) is 4.90 Å². The number of benzene rings is 1. The number of carbonyl (C=O) groups is 2. The second-order valence-corrected chi connectivity index (χ2v) is 8.32. The fourth-order valence-corrected chi connectivity index (χ4v) is 3.30. The molecule has 0 aromatic heterocycles. The third-order valence-corrected chi connectivity index (χ3v) is 4.53. The molecule has 0 radical (unpaired) electrons. The van der Waals surface area contributed by atoms with Gasteiger partial charge in [0.2, 0.25) is 0 Å². The predicted molar refractivity (Wildman–Crippen MR) is 105 cm³/mol. The second-order valence-electron chi connectivity index (χ2n) is 7.40. The minimum Gasteiger partial charge on any atom is -0.462 e. The van der Waals surface area contributed by atoms with E-state index in [-0.39, 0.29) is 18.1 Å². The number of halogens is 1. The molecule has 7 heteroatoms. The van der Waals surface area contributed by atoms with Gasteiger partial charge >= 0.3 is 12.1 Å². The molecule has 1 aliphatic rings.